The van der Waals surface area contributed by atoms with Crippen molar-refractivity contribution in [2.45, 2.75) is 32.6 Å². The van der Waals surface area contributed by atoms with Crippen LogP contribution in [0.5, 0.6) is 0 Å². The number of piperidine rings is 1. The average molecular weight is 210 g/mol. The predicted octanol–water partition coefficient (Wildman–Crippen LogP) is 1.23. The molecule has 1 amide bonds. The highest BCUT2D eigenvalue weighted by molar-refractivity contribution is 5.79. The van der Waals surface area contributed by atoms with E-state index in [-0.39, 0.29) is 5.92 Å². The van der Waals surface area contributed by atoms with Gasteiger partial charge in [-0.05, 0) is 44.1 Å². The Morgan fingerprint density at radius 2 is 1.93 bits per heavy atom. The topological polar surface area (TPSA) is 46.3 Å². The first-order chi connectivity index (χ1) is 7.22. The number of rotatable bonds is 3. The molecule has 2 rings (SSSR count). The molecule has 0 bridgehead atoms. The van der Waals surface area contributed by atoms with Crippen molar-refractivity contribution in [2.24, 2.45) is 23.5 Å². The number of hydrogen-bond donors (Lipinski definition) is 1. The lowest BCUT2D eigenvalue weighted by atomic mass is 9.95. The molecule has 1 saturated heterocycles. The zero-order chi connectivity index (χ0) is 10.8. The number of amides is 1. The molecule has 0 aromatic carbocycles. The number of nitrogens with two attached hydrogens (primary N) is 1. The largest absolute Gasteiger partial charge is 0.342 e. The number of hydrogen-bond acceptors (Lipinski definition) is 2. The molecule has 1 aliphatic heterocycles. The van der Waals surface area contributed by atoms with Gasteiger partial charge < -0.3 is 10.6 Å². The van der Waals surface area contributed by atoms with Gasteiger partial charge in [0.25, 0.3) is 0 Å². The first-order valence-electron chi connectivity index (χ1n) is 6.21. The summed E-state index contributed by atoms with van der Waals surface area (Å²) in [6.07, 6.45) is 4.71. The Kier molecular flexibility index (Phi) is 3.29. The first kappa shape index (κ1) is 10.9. The molecule has 0 radical (unpaired) electrons. The summed E-state index contributed by atoms with van der Waals surface area (Å²) >= 11 is 0. The van der Waals surface area contributed by atoms with Gasteiger partial charge in [-0.15, -0.1) is 0 Å². The average Bonchev–Trinajstić information content (AvgIpc) is 3.11. The van der Waals surface area contributed by atoms with E-state index in [1.54, 1.807) is 0 Å². The van der Waals surface area contributed by atoms with Gasteiger partial charge in [0.15, 0.2) is 0 Å². The lowest BCUT2D eigenvalue weighted by molar-refractivity contribution is -0.137. The van der Waals surface area contributed by atoms with E-state index in [0.717, 1.165) is 32.5 Å². The minimum atomic E-state index is 0.263. The minimum absolute atomic E-state index is 0.263. The highest BCUT2D eigenvalue weighted by atomic mass is 16.2. The molecular formula is C12H22N2O. The van der Waals surface area contributed by atoms with Crippen LogP contribution in [0.2, 0.25) is 0 Å². The maximum Gasteiger partial charge on any atom is 0.225 e. The number of carbonyl (C=O) groups excluding carboxylic acids is 1. The van der Waals surface area contributed by atoms with Crippen LogP contribution in [-0.2, 0) is 4.79 Å². The van der Waals surface area contributed by atoms with E-state index in [0.29, 0.717) is 17.7 Å². The normalized spacial score (nSPS) is 25.3. The molecule has 86 valence electrons. The molecule has 1 aliphatic carbocycles. The van der Waals surface area contributed by atoms with Crippen molar-refractivity contribution in [1.82, 2.24) is 4.90 Å². The summed E-state index contributed by atoms with van der Waals surface area (Å²) in [4.78, 5) is 14.1. The second kappa shape index (κ2) is 4.52. The summed E-state index contributed by atoms with van der Waals surface area (Å²) in [5.74, 6) is 1.97. The molecule has 0 aromatic heterocycles. The van der Waals surface area contributed by atoms with Gasteiger partial charge in [-0.25, -0.2) is 0 Å². The molecule has 2 fully saturated rings. The third-order valence-electron chi connectivity index (χ3n) is 3.98. The van der Waals surface area contributed by atoms with Gasteiger partial charge in [-0.3, -0.25) is 4.79 Å². The van der Waals surface area contributed by atoms with E-state index in [1.807, 2.05) is 0 Å². The van der Waals surface area contributed by atoms with Crippen LogP contribution in [0.3, 0.4) is 0 Å². The quantitative estimate of drug-likeness (QED) is 0.761. The summed E-state index contributed by atoms with van der Waals surface area (Å²) in [5.41, 5.74) is 5.64. The van der Waals surface area contributed by atoms with E-state index < -0.39 is 0 Å². The van der Waals surface area contributed by atoms with Crippen LogP contribution < -0.4 is 5.73 Å². The Bertz CT molecular complexity index is 230. The number of carbonyl (C=O) groups is 1. The van der Waals surface area contributed by atoms with Crippen LogP contribution in [0.15, 0.2) is 0 Å². The maximum absolute atomic E-state index is 12.1. The highest BCUT2D eigenvalue weighted by Crippen LogP contribution is 2.37. The molecule has 2 N–H and O–H groups in total. The third-order valence-corrected chi connectivity index (χ3v) is 3.98. The van der Waals surface area contributed by atoms with Crippen molar-refractivity contribution in [3.63, 3.8) is 0 Å². The van der Waals surface area contributed by atoms with E-state index in [9.17, 15) is 4.79 Å². The molecule has 3 nitrogen and oxygen atoms in total. The van der Waals surface area contributed by atoms with Crippen molar-refractivity contribution in [2.75, 3.05) is 19.6 Å². The van der Waals surface area contributed by atoms with Crippen LogP contribution in [0.25, 0.3) is 0 Å². The SMILES string of the molecule is CC(C(=O)N1CCC(CN)CC1)C1CC1. The van der Waals surface area contributed by atoms with Crippen molar-refractivity contribution >= 4 is 5.91 Å². The van der Waals surface area contributed by atoms with Gasteiger partial charge >= 0.3 is 0 Å². The molecule has 3 heteroatoms. The molecule has 0 aromatic rings. The second-order valence-electron chi connectivity index (χ2n) is 5.13. The summed E-state index contributed by atoms with van der Waals surface area (Å²) in [6, 6.07) is 0. The Labute approximate surface area is 92.0 Å². The Hall–Kier alpha value is -0.570. The van der Waals surface area contributed by atoms with E-state index >= 15 is 0 Å². The van der Waals surface area contributed by atoms with E-state index in [4.69, 9.17) is 5.73 Å². The molecule has 15 heavy (non-hydrogen) atoms. The van der Waals surface area contributed by atoms with Crippen molar-refractivity contribution in [3.8, 4) is 0 Å². The van der Waals surface area contributed by atoms with Crippen LogP contribution in [0.1, 0.15) is 32.6 Å². The van der Waals surface area contributed by atoms with Gasteiger partial charge in [0.05, 0.1) is 0 Å². The lowest BCUT2D eigenvalue weighted by Gasteiger charge is -2.33. The standard InChI is InChI=1S/C12H22N2O/c1-9(11-2-3-11)12(15)14-6-4-10(8-13)5-7-14/h9-11H,2-8,13H2,1H3. The van der Waals surface area contributed by atoms with Crippen LogP contribution in [0.4, 0.5) is 0 Å². The summed E-state index contributed by atoms with van der Waals surface area (Å²) in [7, 11) is 0. The smallest absolute Gasteiger partial charge is 0.225 e. The fourth-order valence-corrected chi connectivity index (χ4v) is 2.47. The summed E-state index contributed by atoms with van der Waals surface area (Å²) in [5, 5.41) is 0. The zero-order valence-corrected chi connectivity index (χ0v) is 9.61. The summed E-state index contributed by atoms with van der Waals surface area (Å²) in [6.45, 7) is 4.73. The van der Waals surface area contributed by atoms with Crippen molar-refractivity contribution in [3.05, 3.63) is 0 Å². The fourth-order valence-electron chi connectivity index (χ4n) is 2.47. The fraction of sp³-hybridized carbons (Fsp3) is 0.917. The lowest BCUT2D eigenvalue weighted by Crippen LogP contribution is -2.42. The van der Waals surface area contributed by atoms with Gasteiger partial charge in [0, 0.05) is 19.0 Å². The third kappa shape index (κ3) is 2.51. The molecular weight excluding hydrogens is 188 g/mol. The molecule has 1 atom stereocenters. The maximum atomic E-state index is 12.1. The Balaban J connectivity index is 1.81. The van der Waals surface area contributed by atoms with Crippen LogP contribution in [-0.4, -0.2) is 30.4 Å². The van der Waals surface area contributed by atoms with Gasteiger partial charge in [0.2, 0.25) is 5.91 Å². The Morgan fingerprint density at radius 3 is 2.40 bits per heavy atom. The Morgan fingerprint density at radius 1 is 1.33 bits per heavy atom. The predicted molar refractivity (Wildman–Crippen MR) is 60.2 cm³/mol. The van der Waals surface area contributed by atoms with Crippen molar-refractivity contribution < 1.29 is 4.79 Å². The van der Waals surface area contributed by atoms with E-state index in [1.165, 1.54) is 12.8 Å². The van der Waals surface area contributed by atoms with Gasteiger partial charge in [0.1, 0.15) is 0 Å². The van der Waals surface area contributed by atoms with Crippen LogP contribution in [0, 0.1) is 17.8 Å². The van der Waals surface area contributed by atoms with Crippen molar-refractivity contribution in [1.29, 1.82) is 0 Å². The van der Waals surface area contributed by atoms with Gasteiger partial charge in [-0.2, -0.15) is 0 Å². The second-order valence-corrected chi connectivity index (χ2v) is 5.13. The molecule has 1 saturated carbocycles. The molecule has 1 heterocycles. The highest BCUT2D eigenvalue weighted by Gasteiger charge is 2.35. The van der Waals surface area contributed by atoms with E-state index in [2.05, 4.69) is 11.8 Å². The van der Waals surface area contributed by atoms with Gasteiger partial charge in [-0.1, -0.05) is 6.92 Å². The minimum Gasteiger partial charge on any atom is -0.342 e. The van der Waals surface area contributed by atoms with Crippen LogP contribution >= 0.6 is 0 Å². The molecule has 0 spiro atoms. The zero-order valence-electron chi connectivity index (χ0n) is 9.61. The number of nitrogens with zero attached hydrogens (tertiary/aromatic N) is 1. The molecule has 1 unspecified atom stereocenters. The first-order valence-corrected chi connectivity index (χ1v) is 6.21. The number of likely N-dealkylation sites (tertiary alicyclic amines) is 1. The monoisotopic (exact) mass is 210 g/mol. The molecule has 2 aliphatic rings. The summed E-state index contributed by atoms with van der Waals surface area (Å²) < 4.78 is 0.